The molecule has 6 nitrogen and oxygen atoms in total. The van der Waals surface area contributed by atoms with Crippen molar-refractivity contribution >= 4 is 76.0 Å². The summed E-state index contributed by atoms with van der Waals surface area (Å²) in [6.07, 6.45) is 1.20. The molecule has 1 aliphatic rings. The Morgan fingerprint density at radius 3 is 2.11 bits per heavy atom. The number of anilines is 1. The molecule has 2 N–H and O–H groups in total. The highest BCUT2D eigenvalue weighted by atomic mass is 35.5. The molecule has 0 radical (unpaired) electrons. The Morgan fingerprint density at radius 1 is 0.889 bits per heavy atom. The van der Waals surface area contributed by atoms with Gasteiger partial charge in [0.15, 0.2) is 5.75 Å². The molecule has 0 unspecified atom stereocenters. The van der Waals surface area contributed by atoms with Gasteiger partial charge in [0.05, 0.1) is 25.8 Å². The summed E-state index contributed by atoms with van der Waals surface area (Å²) in [6, 6.07) is 5.85. The fourth-order valence-corrected chi connectivity index (χ4v) is 3.15. The lowest BCUT2D eigenvalue weighted by atomic mass is 10.1. The minimum Gasteiger partial charge on any atom is -0.505 e. The predicted octanol–water partition coefficient (Wildman–Crippen LogP) is 4.67. The minimum atomic E-state index is -0.928. The molecule has 0 bridgehead atoms. The topological polar surface area (TPSA) is 86.7 Å². The summed E-state index contributed by atoms with van der Waals surface area (Å²) in [5.74, 6) is -2.09. The van der Waals surface area contributed by atoms with Gasteiger partial charge >= 0.3 is 6.03 Å². The largest absolute Gasteiger partial charge is 0.505 e. The summed E-state index contributed by atoms with van der Waals surface area (Å²) >= 11 is 23.5. The number of hydrogen-bond acceptors (Lipinski definition) is 4. The highest BCUT2D eigenvalue weighted by molar-refractivity contribution is 6.43. The van der Waals surface area contributed by atoms with Gasteiger partial charge in [-0.3, -0.25) is 14.9 Å². The zero-order valence-electron chi connectivity index (χ0n) is 13.1. The van der Waals surface area contributed by atoms with E-state index in [0.29, 0.717) is 0 Å². The van der Waals surface area contributed by atoms with Gasteiger partial charge < -0.3 is 5.11 Å². The smallest absolute Gasteiger partial charge is 0.335 e. The first kappa shape index (κ1) is 19.5. The number of rotatable bonds is 2. The van der Waals surface area contributed by atoms with Crippen LogP contribution in [0.4, 0.5) is 10.5 Å². The van der Waals surface area contributed by atoms with Crippen molar-refractivity contribution in [2.45, 2.75) is 0 Å². The molecular formula is C17H8Cl4N2O4. The van der Waals surface area contributed by atoms with Crippen LogP contribution >= 0.6 is 46.4 Å². The number of nitrogens with one attached hydrogen (secondary N) is 1. The number of carbonyl (C=O) groups is 3. The first-order valence-electron chi connectivity index (χ1n) is 7.23. The molecule has 0 atom stereocenters. The zero-order chi connectivity index (χ0) is 19.9. The number of phenolic OH excluding ortho intramolecular Hbond substituents is 1. The molecule has 1 saturated heterocycles. The summed E-state index contributed by atoms with van der Waals surface area (Å²) < 4.78 is 0. The molecule has 138 valence electrons. The molecule has 0 aliphatic carbocycles. The van der Waals surface area contributed by atoms with Gasteiger partial charge in [-0.15, -0.1) is 0 Å². The number of barbiturate groups is 1. The SMILES string of the molecule is O=C1NC(=O)N(c2ccc(Cl)c(Cl)c2)C(=O)/C1=C/c1cc(Cl)c(O)c(Cl)c1. The molecule has 4 amide bonds. The van der Waals surface area contributed by atoms with Gasteiger partial charge in [-0.05, 0) is 42.0 Å². The third-order valence-corrected chi connectivity index (χ3v) is 4.93. The normalized spacial score (nSPS) is 16.1. The Kier molecular flexibility index (Phi) is 5.35. The van der Waals surface area contributed by atoms with Crippen LogP contribution in [0.3, 0.4) is 0 Å². The average molecular weight is 446 g/mol. The van der Waals surface area contributed by atoms with Crippen molar-refractivity contribution in [2.75, 3.05) is 4.90 Å². The standard InChI is InChI=1S/C17H8Cl4N2O4/c18-10-2-1-8(6-11(10)19)23-16(26)9(15(25)22-17(23)27)3-7-4-12(20)14(24)13(21)5-7/h1-6,24H,(H,22,25,27)/b9-3+. The lowest BCUT2D eigenvalue weighted by Crippen LogP contribution is -2.54. The van der Waals surface area contributed by atoms with Crippen LogP contribution in [0, 0.1) is 0 Å². The number of aromatic hydroxyl groups is 1. The Labute approximate surface area is 172 Å². The molecule has 2 aromatic rings. The van der Waals surface area contributed by atoms with Crippen LogP contribution < -0.4 is 10.2 Å². The molecule has 0 aromatic heterocycles. The maximum Gasteiger partial charge on any atom is 0.335 e. The maximum absolute atomic E-state index is 12.8. The number of halogens is 4. The van der Waals surface area contributed by atoms with E-state index in [1.54, 1.807) is 0 Å². The van der Waals surface area contributed by atoms with Crippen molar-refractivity contribution in [3.05, 3.63) is 61.6 Å². The van der Waals surface area contributed by atoms with Crippen molar-refractivity contribution < 1.29 is 19.5 Å². The van der Waals surface area contributed by atoms with Crippen molar-refractivity contribution in [2.24, 2.45) is 0 Å². The van der Waals surface area contributed by atoms with Crippen LogP contribution in [-0.4, -0.2) is 23.0 Å². The van der Waals surface area contributed by atoms with Crippen LogP contribution in [0.15, 0.2) is 35.9 Å². The molecule has 10 heteroatoms. The first-order chi connectivity index (χ1) is 12.7. The van der Waals surface area contributed by atoms with Crippen LogP contribution in [0.1, 0.15) is 5.56 Å². The van der Waals surface area contributed by atoms with Gasteiger partial charge in [0.2, 0.25) is 0 Å². The number of amides is 4. The second kappa shape index (κ2) is 7.40. The third kappa shape index (κ3) is 3.75. The summed E-state index contributed by atoms with van der Waals surface area (Å²) in [7, 11) is 0. The Morgan fingerprint density at radius 2 is 1.52 bits per heavy atom. The fraction of sp³-hybridized carbons (Fsp3) is 0. The summed E-state index contributed by atoms with van der Waals surface area (Å²) in [4.78, 5) is 37.8. The Hall–Kier alpha value is -2.25. The minimum absolute atomic E-state index is 0.0598. The van der Waals surface area contributed by atoms with Gasteiger partial charge in [0, 0.05) is 0 Å². The maximum atomic E-state index is 12.8. The lowest BCUT2D eigenvalue weighted by Gasteiger charge is -2.26. The average Bonchev–Trinajstić information content (AvgIpc) is 2.59. The monoisotopic (exact) mass is 444 g/mol. The number of benzene rings is 2. The quantitative estimate of drug-likeness (QED) is 0.519. The van der Waals surface area contributed by atoms with Crippen LogP contribution in [0.5, 0.6) is 5.75 Å². The highest BCUT2D eigenvalue weighted by Crippen LogP contribution is 2.34. The van der Waals surface area contributed by atoms with E-state index < -0.39 is 17.8 Å². The van der Waals surface area contributed by atoms with E-state index in [4.69, 9.17) is 46.4 Å². The van der Waals surface area contributed by atoms with E-state index in [1.807, 2.05) is 0 Å². The van der Waals surface area contributed by atoms with Crippen molar-refractivity contribution in [1.82, 2.24) is 5.32 Å². The summed E-state index contributed by atoms with van der Waals surface area (Å²) in [5.41, 5.74) is 0.0790. The number of hydrogen-bond donors (Lipinski definition) is 2. The van der Waals surface area contributed by atoms with Gasteiger partial charge in [-0.1, -0.05) is 46.4 Å². The van der Waals surface area contributed by atoms with Gasteiger partial charge in [-0.2, -0.15) is 0 Å². The van der Waals surface area contributed by atoms with E-state index in [-0.39, 0.29) is 42.7 Å². The van der Waals surface area contributed by atoms with E-state index in [2.05, 4.69) is 5.32 Å². The molecule has 0 spiro atoms. The van der Waals surface area contributed by atoms with E-state index in [1.165, 1.54) is 36.4 Å². The van der Waals surface area contributed by atoms with Crippen LogP contribution in [-0.2, 0) is 9.59 Å². The molecule has 1 fully saturated rings. The Balaban J connectivity index is 2.06. The Bertz CT molecular complexity index is 1010. The van der Waals surface area contributed by atoms with Crippen molar-refractivity contribution in [1.29, 1.82) is 0 Å². The predicted molar refractivity (Wildman–Crippen MR) is 104 cm³/mol. The van der Waals surface area contributed by atoms with Gasteiger partial charge in [0.25, 0.3) is 11.8 Å². The number of urea groups is 1. The number of imide groups is 2. The molecule has 2 aromatic carbocycles. The zero-order valence-corrected chi connectivity index (χ0v) is 16.1. The van der Waals surface area contributed by atoms with Crippen LogP contribution in [0.25, 0.3) is 6.08 Å². The van der Waals surface area contributed by atoms with Gasteiger partial charge in [-0.25, -0.2) is 9.69 Å². The molecule has 27 heavy (non-hydrogen) atoms. The van der Waals surface area contributed by atoms with E-state index in [0.717, 1.165) is 4.90 Å². The number of carbonyl (C=O) groups excluding carboxylic acids is 3. The molecule has 1 heterocycles. The molecular weight excluding hydrogens is 438 g/mol. The molecule has 0 saturated carbocycles. The fourth-order valence-electron chi connectivity index (χ4n) is 2.35. The lowest BCUT2D eigenvalue weighted by molar-refractivity contribution is -0.122. The van der Waals surface area contributed by atoms with Gasteiger partial charge in [0.1, 0.15) is 5.57 Å². The van der Waals surface area contributed by atoms with Crippen molar-refractivity contribution in [3.8, 4) is 5.75 Å². The third-order valence-electron chi connectivity index (χ3n) is 3.61. The second-order valence-corrected chi connectivity index (χ2v) is 7.02. The molecule has 1 aliphatic heterocycles. The molecule has 3 rings (SSSR count). The van der Waals surface area contributed by atoms with Crippen molar-refractivity contribution in [3.63, 3.8) is 0 Å². The second-order valence-electron chi connectivity index (χ2n) is 5.39. The van der Waals surface area contributed by atoms with Crippen LogP contribution in [0.2, 0.25) is 20.1 Å². The van der Waals surface area contributed by atoms with E-state index >= 15 is 0 Å². The summed E-state index contributed by atoms with van der Waals surface area (Å²) in [6.45, 7) is 0. The first-order valence-corrected chi connectivity index (χ1v) is 8.74. The summed E-state index contributed by atoms with van der Waals surface area (Å²) in [5, 5.41) is 11.9. The number of nitrogens with zero attached hydrogens (tertiary/aromatic N) is 1. The highest BCUT2D eigenvalue weighted by Gasteiger charge is 2.37. The van der Waals surface area contributed by atoms with E-state index in [9.17, 15) is 19.5 Å². The number of phenols is 1.